The van der Waals surface area contributed by atoms with Gasteiger partial charge in [0, 0.05) is 12.0 Å². The third-order valence-corrected chi connectivity index (χ3v) is 3.08. The molecule has 0 saturated heterocycles. The smallest absolute Gasteiger partial charge is 0.453 e. The number of rotatable bonds is 9. The van der Waals surface area contributed by atoms with Gasteiger partial charge in [-0.15, -0.1) is 0 Å². The first kappa shape index (κ1) is 22.7. The number of carbonyl (C=O) groups is 1. The molecule has 9 heteroatoms. The standard InChI is InChI=1S/C15H21F7O2/c1-9(2)7-11(24-12(23)10(3)4)5-6-13(16,17)8-14(18,19)15(20,21)22/h9,11H,3,5-8H2,1-2,4H3. The van der Waals surface area contributed by atoms with E-state index in [0.29, 0.717) is 0 Å². The third kappa shape index (κ3) is 8.01. The fourth-order valence-electron chi connectivity index (χ4n) is 1.89. The lowest BCUT2D eigenvalue weighted by molar-refractivity contribution is -0.301. The Kier molecular flexibility index (Phi) is 7.76. The number of esters is 1. The average Bonchev–Trinajstić information content (AvgIpc) is 2.32. The van der Waals surface area contributed by atoms with Crippen LogP contribution in [0.15, 0.2) is 12.2 Å². The number of carbonyl (C=O) groups excluding carboxylic acids is 1. The summed E-state index contributed by atoms with van der Waals surface area (Å²) in [5, 5.41) is 0. The van der Waals surface area contributed by atoms with E-state index in [4.69, 9.17) is 4.74 Å². The van der Waals surface area contributed by atoms with Gasteiger partial charge in [-0.1, -0.05) is 20.4 Å². The normalized spacial score (nSPS) is 14.6. The van der Waals surface area contributed by atoms with Crippen LogP contribution in [0.5, 0.6) is 0 Å². The zero-order valence-corrected chi connectivity index (χ0v) is 13.7. The van der Waals surface area contributed by atoms with Crippen LogP contribution in [0, 0.1) is 5.92 Å². The number of halogens is 7. The van der Waals surface area contributed by atoms with Crippen molar-refractivity contribution in [3.63, 3.8) is 0 Å². The Morgan fingerprint density at radius 2 is 1.58 bits per heavy atom. The van der Waals surface area contributed by atoms with Crippen molar-refractivity contribution in [3.8, 4) is 0 Å². The Morgan fingerprint density at radius 1 is 1.08 bits per heavy atom. The summed E-state index contributed by atoms with van der Waals surface area (Å²) in [5.41, 5.74) is 0.0270. The highest BCUT2D eigenvalue weighted by Gasteiger charge is 2.61. The van der Waals surface area contributed by atoms with Crippen LogP contribution in [-0.2, 0) is 9.53 Å². The van der Waals surface area contributed by atoms with Gasteiger partial charge in [-0.2, -0.15) is 22.0 Å². The van der Waals surface area contributed by atoms with Crippen molar-refractivity contribution >= 4 is 5.97 Å². The highest BCUT2D eigenvalue weighted by Crippen LogP contribution is 2.44. The van der Waals surface area contributed by atoms with Gasteiger partial charge in [-0.3, -0.25) is 0 Å². The summed E-state index contributed by atoms with van der Waals surface area (Å²) in [6.07, 6.45) is -11.3. The van der Waals surface area contributed by atoms with Gasteiger partial charge in [0.25, 0.3) is 5.92 Å². The molecular formula is C15H21F7O2. The Bertz CT molecular complexity index is 442. The quantitative estimate of drug-likeness (QED) is 0.305. The minimum Gasteiger partial charge on any atom is -0.459 e. The molecule has 2 nitrogen and oxygen atoms in total. The van der Waals surface area contributed by atoms with E-state index in [2.05, 4.69) is 6.58 Å². The van der Waals surface area contributed by atoms with Crippen LogP contribution < -0.4 is 0 Å². The van der Waals surface area contributed by atoms with Crippen molar-refractivity contribution in [3.05, 3.63) is 12.2 Å². The Balaban J connectivity index is 4.87. The molecule has 142 valence electrons. The molecule has 0 amide bonds. The lowest BCUT2D eigenvalue weighted by Crippen LogP contribution is -2.42. The van der Waals surface area contributed by atoms with Crippen molar-refractivity contribution < 1.29 is 40.3 Å². The van der Waals surface area contributed by atoms with Crippen molar-refractivity contribution in [2.75, 3.05) is 0 Å². The topological polar surface area (TPSA) is 26.3 Å². The van der Waals surface area contributed by atoms with Gasteiger partial charge < -0.3 is 4.74 Å². The molecule has 0 aromatic heterocycles. The van der Waals surface area contributed by atoms with E-state index < -0.39 is 49.4 Å². The molecule has 0 bridgehead atoms. The van der Waals surface area contributed by atoms with Crippen LogP contribution >= 0.6 is 0 Å². The molecule has 0 N–H and O–H groups in total. The van der Waals surface area contributed by atoms with E-state index in [1.54, 1.807) is 13.8 Å². The Hall–Kier alpha value is -1.28. The van der Waals surface area contributed by atoms with Crippen LogP contribution in [-0.4, -0.2) is 30.1 Å². The molecule has 0 aliphatic carbocycles. The molecule has 0 aromatic rings. The summed E-state index contributed by atoms with van der Waals surface area (Å²) in [6, 6.07) is 0. The van der Waals surface area contributed by atoms with Gasteiger partial charge in [-0.25, -0.2) is 13.6 Å². The molecular weight excluding hydrogens is 345 g/mol. The molecule has 0 aliphatic heterocycles. The monoisotopic (exact) mass is 366 g/mol. The minimum absolute atomic E-state index is 0.0270. The first-order valence-corrected chi connectivity index (χ1v) is 7.26. The molecule has 24 heavy (non-hydrogen) atoms. The second kappa shape index (κ2) is 8.20. The van der Waals surface area contributed by atoms with Gasteiger partial charge >= 0.3 is 18.1 Å². The van der Waals surface area contributed by atoms with E-state index in [-0.39, 0.29) is 17.9 Å². The Morgan fingerprint density at radius 3 is 1.96 bits per heavy atom. The first-order valence-electron chi connectivity index (χ1n) is 7.26. The summed E-state index contributed by atoms with van der Waals surface area (Å²) in [6.45, 7) is 8.10. The molecule has 0 aliphatic rings. The summed E-state index contributed by atoms with van der Waals surface area (Å²) < 4.78 is 93.6. The molecule has 1 atom stereocenters. The van der Waals surface area contributed by atoms with Gasteiger partial charge in [0.1, 0.15) is 6.10 Å². The molecule has 1 unspecified atom stereocenters. The van der Waals surface area contributed by atoms with Crippen LogP contribution in [0.1, 0.15) is 46.5 Å². The fourth-order valence-corrected chi connectivity index (χ4v) is 1.89. The van der Waals surface area contributed by atoms with Crippen molar-refractivity contribution in [2.45, 2.75) is 70.6 Å². The lowest BCUT2D eigenvalue weighted by Gasteiger charge is -2.26. The van der Waals surface area contributed by atoms with Gasteiger partial charge in [0.2, 0.25) is 0 Å². The van der Waals surface area contributed by atoms with Gasteiger partial charge in [-0.05, 0) is 25.7 Å². The number of alkyl halides is 7. The molecule has 0 saturated carbocycles. The van der Waals surface area contributed by atoms with Crippen LogP contribution in [0.4, 0.5) is 30.7 Å². The second-order valence-electron chi connectivity index (χ2n) is 6.21. The summed E-state index contributed by atoms with van der Waals surface area (Å²) >= 11 is 0. The maximum absolute atomic E-state index is 13.5. The van der Waals surface area contributed by atoms with E-state index in [0.717, 1.165) is 0 Å². The van der Waals surface area contributed by atoms with Crippen LogP contribution in [0.25, 0.3) is 0 Å². The average molecular weight is 366 g/mol. The minimum atomic E-state index is -6.04. The molecule has 0 radical (unpaired) electrons. The van der Waals surface area contributed by atoms with Crippen molar-refractivity contribution in [1.29, 1.82) is 0 Å². The summed E-state index contributed by atoms with van der Waals surface area (Å²) in [7, 11) is 0. The lowest BCUT2D eigenvalue weighted by atomic mass is 9.97. The van der Waals surface area contributed by atoms with Crippen molar-refractivity contribution in [2.24, 2.45) is 5.92 Å². The fraction of sp³-hybridized carbons (Fsp3) is 0.800. The maximum atomic E-state index is 13.5. The summed E-state index contributed by atoms with van der Waals surface area (Å²) in [4.78, 5) is 11.4. The largest absolute Gasteiger partial charge is 0.459 e. The van der Waals surface area contributed by atoms with Gasteiger partial charge in [0.05, 0.1) is 6.42 Å². The number of hydrogen-bond acceptors (Lipinski definition) is 2. The van der Waals surface area contributed by atoms with E-state index >= 15 is 0 Å². The zero-order chi connectivity index (χ0) is 19.3. The van der Waals surface area contributed by atoms with E-state index in [1.807, 2.05) is 0 Å². The number of hydrogen-bond donors (Lipinski definition) is 0. The highest BCUT2D eigenvalue weighted by molar-refractivity contribution is 5.87. The van der Waals surface area contributed by atoms with E-state index in [9.17, 15) is 35.5 Å². The third-order valence-electron chi connectivity index (χ3n) is 3.08. The molecule has 0 rings (SSSR count). The second-order valence-corrected chi connectivity index (χ2v) is 6.21. The van der Waals surface area contributed by atoms with E-state index in [1.165, 1.54) is 6.92 Å². The predicted octanol–water partition coefficient (Wildman–Crippen LogP) is 5.52. The number of ether oxygens (including phenoxy) is 1. The zero-order valence-electron chi connectivity index (χ0n) is 13.7. The van der Waals surface area contributed by atoms with Crippen LogP contribution in [0.3, 0.4) is 0 Å². The SMILES string of the molecule is C=C(C)C(=O)OC(CCC(F)(F)CC(F)(F)C(F)(F)F)CC(C)C. The first-order chi connectivity index (χ1) is 10.6. The van der Waals surface area contributed by atoms with Crippen molar-refractivity contribution in [1.82, 2.24) is 0 Å². The predicted molar refractivity (Wildman–Crippen MR) is 73.9 cm³/mol. The molecule has 0 heterocycles. The molecule has 0 fully saturated rings. The maximum Gasteiger partial charge on any atom is 0.453 e. The molecule has 0 aromatic carbocycles. The molecule has 0 spiro atoms. The Labute approximate surface area is 136 Å². The summed E-state index contributed by atoms with van der Waals surface area (Å²) in [5.74, 6) is -10.6. The van der Waals surface area contributed by atoms with Gasteiger partial charge in [0.15, 0.2) is 0 Å². The van der Waals surface area contributed by atoms with Crippen LogP contribution in [0.2, 0.25) is 0 Å². The highest BCUT2D eigenvalue weighted by atomic mass is 19.4.